The van der Waals surface area contributed by atoms with E-state index in [0.717, 1.165) is 22.6 Å². The molecule has 0 saturated heterocycles. The van der Waals surface area contributed by atoms with Crippen molar-refractivity contribution >= 4 is 17.2 Å². The van der Waals surface area contributed by atoms with E-state index in [1.807, 2.05) is 48.5 Å². The van der Waals surface area contributed by atoms with Crippen LogP contribution in [0.2, 0.25) is 0 Å². The molecule has 0 saturated carbocycles. The number of nitrogens with two attached hydrogens (primary N) is 1. The van der Waals surface area contributed by atoms with E-state index in [2.05, 4.69) is 0 Å². The Balaban J connectivity index is 2.04. The second-order valence-electron chi connectivity index (χ2n) is 3.99. The van der Waals surface area contributed by atoms with Crippen molar-refractivity contribution in [2.75, 3.05) is 7.11 Å². The van der Waals surface area contributed by atoms with Crippen LogP contribution < -0.4 is 15.2 Å². The van der Waals surface area contributed by atoms with Gasteiger partial charge in [-0.1, -0.05) is 30.4 Å². The summed E-state index contributed by atoms with van der Waals surface area (Å²) >= 11 is 4.90. The van der Waals surface area contributed by atoms with E-state index in [1.54, 1.807) is 7.11 Å². The molecule has 0 atom stereocenters. The lowest BCUT2D eigenvalue weighted by molar-refractivity contribution is 0.296. The lowest BCUT2D eigenvalue weighted by Gasteiger charge is -2.10. The van der Waals surface area contributed by atoms with Crippen molar-refractivity contribution in [1.29, 1.82) is 0 Å². The van der Waals surface area contributed by atoms with Crippen LogP contribution in [0.5, 0.6) is 11.5 Å². The Morgan fingerprint density at radius 3 is 2.42 bits per heavy atom. The van der Waals surface area contributed by atoms with E-state index in [9.17, 15) is 0 Å². The average molecular weight is 273 g/mol. The highest BCUT2D eigenvalue weighted by Crippen LogP contribution is 2.20. The van der Waals surface area contributed by atoms with E-state index in [1.165, 1.54) is 0 Å². The number of hydrogen-bond acceptors (Lipinski definition) is 3. The van der Waals surface area contributed by atoms with Crippen LogP contribution >= 0.6 is 12.2 Å². The normalized spacial score (nSPS) is 9.95. The molecule has 0 heterocycles. The molecule has 0 aliphatic carbocycles. The second-order valence-corrected chi connectivity index (χ2v) is 4.43. The van der Waals surface area contributed by atoms with Gasteiger partial charge in [-0.05, 0) is 30.3 Å². The first-order valence-electron chi connectivity index (χ1n) is 5.85. The van der Waals surface area contributed by atoms with Crippen LogP contribution in [0.15, 0.2) is 48.5 Å². The molecule has 0 spiro atoms. The molecule has 0 radical (unpaired) electrons. The topological polar surface area (TPSA) is 44.5 Å². The van der Waals surface area contributed by atoms with Crippen LogP contribution in [0.1, 0.15) is 11.1 Å². The van der Waals surface area contributed by atoms with Crippen LogP contribution in [-0.2, 0) is 6.61 Å². The fourth-order valence-electron chi connectivity index (χ4n) is 1.70. The minimum Gasteiger partial charge on any atom is -0.496 e. The first-order chi connectivity index (χ1) is 9.20. The summed E-state index contributed by atoms with van der Waals surface area (Å²) in [6, 6.07) is 15.2. The van der Waals surface area contributed by atoms with Gasteiger partial charge in [0, 0.05) is 11.1 Å². The van der Waals surface area contributed by atoms with Crippen molar-refractivity contribution in [3.8, 4) is 11.5 Å². The van der Waals surface area contributed by atoms with Gasteiger partial charge in [0.2, 0.25) is 0 Å². The maximum Gasteiger partial charge on any atom is 0.125 e. The summed E-state index contributed by atoms with van der Waals surface area (Å²) in [6.45, 7) is 0.455. The van der Waals surface area contributed by atoms with Gasteiger partial charge in [-0.15, -0.1) is 0 Å². The van der Waals surface area contributed by atoms with Crippen molar-refractivity contribution in [3.63, 3.8) is 0 Å². The maximum atomic E-state index is 5.71. The maximum absolute atomic E-state index is 5.71. The summed E-state index contributed by atoms with van der Waals surface area (Å²) in [5.41, 5.74) is 7.38. The van der Waals surface area contributed by atoms with Gasteiger partial charge in [-0.25, -0.2) is 0 Å². The van der Waals surface area contributed by atoms with Gasteiger partial charge in [0.05, 0.1) is 7.11 Å². The number of para-hydroxylation sites is 1. The van der Waals surface area contributed by atoms with Gasteiger partial charge >= 0.3 is 0 Å². The van der Waals surface area contributed by atoms with Gasteiger partial charge < -0.3 is 15.2 Å². The highest BCUT2D eigenvalue weighted by atomic mass is 32.1. The fraction of sp³-hybridized carbons (Fsp3) is 0.133. The van der Waals surface area contributed by atoms with Crippen molar-refractivity contribution in [2.24, 2.45) is 5.73 Å². The van der Waals surface area contributed by atoms with Crippen LogP contribution in [0.4, 0.5) is 0 Å². The molecule has 0 unspecified atom stereocenters. The smallest absolute Gasteiger partial charge is 0.125 e. The minimum absolute atomic E-state index is 0.385. The highest BCUT2D eigenvalue weighted by molar-refractivity contribution is 7.80. The number of thiocarbonyl (C=S) groups is 1. The summed E-state index contributed by atoms with van der Waals surface area (Å²) in [7, 11) is 1.65. The number of rotatable bonds is 5. The molecule has 2 rings (SSSR count). The van der Waals surface area contributed by atoms with Crippen molar-refractivity contribution in [2.45, 2.75) is 6.61 Å². The summed E-state index contributed by atoms with van der Waals surface area (Å²) in [6.07, 6.45) is 0. The van der Waals surface area contributed by atoms with E-state index in [-0.39, 0.29) is 0 Å². The lowest BCUT2D eigenvalue weighted by Crippen LogP contribution is -2.08. The lowest BCUT2D eigenvalue weighted by atomic mass is 10.2. The molecule has 2 aromatic rings. The van der Waals surface area contributed by atoms with Crippen LogP contribution in [0, 0.1) is 0 Å². The van der Waals surface area contributed by atoms with Crippen LogP contribution in [-0.4, -0.2) is 12.1 Å². The third-order valence-corrected chi connectivity index (χ3v) is 2.96. The molecule has 2 N–H and O–H groups in total. The van der Waals surface area contributed by atoms with Crippen LogP contribution in [0.25, 0.3) is 0 Å². The molecule has 0 fully saturated rings. The standard InChI is InChI=1S/C15H15NO2S/c1-17-14-5-3-2-4-12(14)10-18-13-8-6-11(7-9-13)15(16)19/h2-9H,10H2,1H3,(H2,16,19). The molecule has 0 amide bonds. The Bertz CT molecular complexity index is 567. The largest absolute Gasteiger partial charge is 0.496 e. The molecule has 0 aromatic heterocycles. The zero-order valence-electron chi connectivity index (χ0n) is 10.6. The number of methoxy groups -OCH3 is 1. The molecule has 0 bridgehead atoms. The zero-order chi connectivity index (χ0) is 13.7. The SMILES string of the molecule is COc1ccccc1COc1ccc(C(N)=S)cc1. The van der Waals surface area contributed by atoms with Crippen molar-refractivity contribution in [1.82, 2.24) is 0 Å². The van der Waals surface area contributed by atoms with E-state index < -0.39 is 0 Å². The fourth-order valence-corrected chi connectivity index (χ4v) is 1.83. The third-order valence-electron chi connectivity index (χ3n) is 2.73. The zero-order valence-corrected chi connectivity index (χ0v) is 11.4. The monoisotopic (exact) mass is 273 g/mol. The minimum atomic E-state index is 0.385. The van der Waals surface area contributed by atoms with Crippen molar-refractivity contribution in [3.05, 3.63) is 59.7 Å². The van der Waals surface area contributed by atoms with Gasteiger partial charge in [-0.3, -0.25) is 0 Å². The molecule has 0 aliphatic heterocycles. The first kappa shape index (κ1) is 13.4. The van der Waals surface area contributed by atoms with E-state index in [0.29, 0.717) is 11.6 Å². The number of benzene rings is 2. The molecule has 0 aliphatic rings. The Hall–Kier alpha value is -2.07. The third kappa shape index (κ3) is 3.45. The Kier molecular flexibility index (Phi) is 4.36. The van der Waals surface area contributed by atoms with Gasteiger partial charge in [0.15, 0.2) is 0 Å². The quantitative estimate of drug-likeness (QED) is 0.851. The molecule has 2 aromatic carbocycles. The summed E-state index contributed by atoms with van der Waals surface area (Å²) in [5, 5.41) is 0. The summed E-state index contributed by atoms with van der Waals surface area (Å²) < 4.78 is 11.0. The number of ether oxygens (including phenoxy) is 2. The van der Waals surface area contributed by atoms with Gasteiger partial charge in [-0.2, -0.15) is 0 Å². The van der Waals surface area contributed by atoms with Crippen LogP contribution in [0.3, 0.4) is 0 Å². The molecular weight excluding hydrogens is 258 g/mol. The number of hydrogen-bond donors (Lipinski definition) is 1. The molecule has 19 heavy (non-hydrogen) atoms. The predicted molar refractivity (Wildman–Crippen MR) is 79.7 cm³/mol. The Labute approximate surface area is 118 Å². The van der Waals surface area contributed by atoms with Gasteiger partial charge in [0.1, 0.15) is 23.1 Å². The predicted octanol–water partition coefficient (Wildman–Crippen LogP) is 2.91. The molecule has 4 heteroatoms. The molecular formula is C15H15NO2S. The average Bonchev–Trinajstić information content (AvgIpc) is 2.45. The van der Waals surface area contributed by atoms with Crippen molar-refractivity contribution < 1.29 is 9.47 Å². The Morgan fingerprint density at radius 1 is 1.11 bits per heavy atom. The van der Waals surface area contributed by atoms with Gasteiger partial charge in [0.25, 0.3) is 0 Å². The van der Waals surface area contributed by atoms with E-state index in [4.69, 9.17) is 27.4 Å². The Morgan fingerprint density at radius 2 is 1.79 bits per heavy atom. The molecule has 3 nitrogen and oxygen atoms in total. The molecule has 98 valence electrons. The second kappa shape index (κ2) is 6.20. The summed E-state index contributed by atoms with van der Waals surface area (Å²) in [5.74, 6) is 1.59. The highest BCUT2D eigenvalue weighted by Gasteiger charge is 2.03. The summed E-state index contributed by atoms with van der Waals surface area (Å²) in [4.78, 5) is 0.385. The first-order valence-corrected chi connectivity index (χ1v) is 6.26. The van der Waals surface area contributed by atoms with E-state index >= 15 is 0 Å².